The van der Waals surface area contributed by atoms with Crippen LogP contribution in [0.4, 0.5) is 22.9 Å². The predicted molar refractivity (Wildman–Crippen MR) is 152 cm³/mol. The summed E-state index contributed by atoms with van der Waals surface area (Å²) in [6.07, 6.45) is 0.0686. The van der Waals surface area contributed by atoms with Crippen molar-refractivity contribution in [2.75, 3.05) is 51.5 Å². The number of nitrogens with zero attached hydrogens (tertiary/aromatic N) is 5. The SMILES string of the molecule is CN=Nc1ccc(Nc2nc(-c3ccccc3NC3OC3CN(C)CCOC)nc3ccccc23)cc1C. The van der Waals surface area contributed by atoms with Gasteiger partial charge in [0.1, 0.15) is 11.9 Å². The van der Waals surface area contributed by atoms with Gasteiger partial charge in [-0.1, -0.05) is 24.3 Å². The van der Waals surface area contributed by atoms with Crippen LogP contribution in [0.5, 0.6) is 0 Å². The summed E-state index contributed by atoms with van der Waals surface area (Å²) in [5.41, 5.74) is 5.51. The number of fused-ring (bicyclic) bond motifs is 1. The first kappa shape index (κ1) is 25.7. The van der Waals surface area contributed by atoms with Gasteiger partial charge >= 0.3 is 0 Å². The molecule has 38 heavy (non-hydrogen) atoms. The number of ether oxygens (including phenoxy) is 2. The van der Waals surface area contributed by atoms with Crippen LogP contribution in [0.25, 0.3) is 22.3 Å². The Morgan fingerprint density at radius 2 is 1.87 bits per heavy atom. The maximum atomic E-state index is 5.91. The fraction of sp³-hybridized carbons (Fsp3) is 0.310. The lowest BCUT2D eigenvalue weighted by atomic mass is 10.1. The maximum Gasteiger partial charge on any atom is 0.164 e. The van der Waals surface area contributed by atoms with Gasteiger partial charge in [-0.3, -0.25) is 0 Å². The molecule has 0 aliphatic carbocycles. The molecule has 1 aliphatic heterocycles. The Morgan fingerprint density at radius 3 is 2.68 bits per heavy atom. The molecule has 4 aromatic rings. The van der Waals surface area contributed by atoms with E-state index in [4.69, 9.17) is 19.4 Å². The van der Waals surface area contributed by atoms with Crippen molar-refractivity contribution in [2.45, 2.75) is 19.3 Å². The fourth-order valence-electron chi connectivity index (χ4n) is 4.39. The standard InChI is InChI=1S/C29H33N7O2/c1-19-17-20(13-14-23(19)35-30-2)31-27-21-9-5-7-11-24(21)32-28(34-27)22-10-6-8-12-25(22)33-29-26(38-29)18-36(3)15-16-37-4/h5-14,17,26,29,33H,15-16,18H2,1-4H3,(H,31,32,34). The molecule has 2 N–H and O–H groups in total. The Balaban J connectivity index is 1.41. The van der Waals surface area contributed by atoms with Crippen LogP contribution in [0, 0.1) is 6.92 Å². The number of likely N-dealkylation sites (N-methyl/N-ethyl adjacent to an activating group) is 1. The van der Waals surface area contributed by atoms with E-state index in [1.165, 1.54) is 0 Å². The Hall–Kier alpha value is -3.92. The zero-order chi connectivity index (χ0) is 26.5. The van der Waals surface area contributed by atoms with Gasteiger partial charge in [-0.25, -0.2) is 9.97 Å². The highest BCUT2D eigenvalue weighted by Crippen LogP contribution is 2.34. The molecule has 196 valence electrons. The normalized spacial score (nSPS) is 16.9. The molecule has 3 aromatic carbocycles. The Kier molecular flexibility index (Phi) is 7.88. The summed E-state index contributed by atoms with van der Waals surface area (Å²) in [7, 11) is 5.46. The van der Waals surface area contributed by atoms with E-state index in [-0.39, 0.29) is 12.3 Å². The number of rotatable bonds is 11. The highest BCUT2D eigenvalue weighted by Gasteiger charge is 2.39. The third-order valence-electron chi connectivity index (χ3n) is 6.49. The number of methoxy groups -OCH3 is 1. The lowest BCUT2D eigenvalue weighted by Crippen LogP contribution is -2.28. The smallest absolute Gasteiger partial charge is 0.164 e. The first-order valence-electron chi connectivity index (χ1n) is 12.7. The van der Waals surface area contributed by atoms with Crippen molar-refractivity contribution in [1.29, 1.82) is 0 Å². The van der Waals surface area contributed by atoms with E-state index in [9.17, 15) is 0 Å². The molecule has 9 heteroatoms. The first-order valence-corrected chi connectivity index (χ1v) is 12.7. The van der Waals surface area contributed by atoms with Gasteiger partial charge in [0.2, 0.25) is 0 Å². The van der Waals surface area contributed by atoms with Crippen LogP contribution in [0.1, 0.15) is 5.56 Å². The fourth-order valence-corrected chi connectivity index (χ4v) is 4.39. The number of nitrogens with one attached hydrogen (secondary N) is 2. The predicted octanol–water partition coefficient (Wildman–Crippen LogP) is 5.78. The van der Waals surface area contributed by atoms with Crippen LogP contribution in [0.15, 0.2) is 77.0 Å². The van der Waals surface area contributed by atoms with Crippen molar-refractivity contribution in [1.82, 2.24) is 14.9 Å². The Bertz CT molecular complexity index is 1440. The Labute approximate surface area is 222 Å². The second-order valence-corrected chi connectivity index (χ2v) is 9.38. The van der Waals surface area contributed by atoms with Gasteiger partial charge in [0.25, 0.3) is 0 Å². The van der Waals surface area contributed by atoms with E-state index in [0.29, 0.717) is 12.4 Å². The van der Waals surface area contributed by atoms with Crippen LogP contribution in [0.2, 0.25) is 0 Å². The van der Waals surface area contributed by atoms with Crippen molar-refractivity contribution in [3.8, 4) is 11.4 Å². The summed E-state index contributed by atoms with van der Waals surface area (Å²) in [6.45, 7) is 4.42. The molecule has 2 heterocycles. The summed E-state index contributed by atoms with van der Waals surface area (Å²) in [4.78, 5) is 12.1. The number of aryl methyl sites for hydroxylation is 1. The molecule has 9 nitrogen and oxygen atoms in total. The number of azo groups is 1. The second kappa shape index (κ2) is 11.6. The van der Waals surface area contributed by atoms with Crippen molar-refractivity contribution in [2.24, 2.45) is 10.2 Å². The molecule has 2 atom stereocenters. The molecule has 0 spiro atoms. The van der Waals surface area contributed by atoms with E-state index in [0.717, 1.165) is 58.0 Å². The average molecular weight is 512 g/mol. The topological polar surface area (TPSA) is 99.6 Å². The van der Waals surface area contributed by atoms with E-state index in [1.54, 1.807) is 14.2 Å². The maximum absolute atomic E-state index is 5.91. The van der Waals surface area contributed by atoms with Crippen LogP contribution in [-0.2, 0) is 9.47 Å². The van der Waals surface area contributed by atoms with Crippen molar-refractivity contribution >= 4 is 33.8 Å². The van der Waals surface area contributed by atoms with Crippen molar-refractivity contribution in [3.05, 3.63) is 72.3 Å². The van der Waals surface area contributed by atoms with Crippen LogP contribution < -0.4 is 10.6 Å². The van der Waals surface area contributed by atoms with Gasteiger partial charge in [0, 0.05) is 49.6 Å². The van der Waals surface area contributed by atoms with Gasteiger partial charge in [0.15, 0.2) is 12.1 Å². The molecule has 1 fully saturated rings. The third-order valence-corrected chi connectivity index (χ3v) is 6.49. The zero-order valence-corrected chi connectivity index (χ0v) is 22.2. The van der Waals surface area contributed by atoms with Crippen LogP contribution in [-0.4, -0.2) is 68.1 Å². The monoisotopic (exact) mass is 511 g/mol. The molecule has 2 unspecified atom stereocenters. The minimum Gasteiger partial charge on any atom is -0.383 e. The quantitative estimate of drug-likeness (QED) is 0.195. The van der Waals surface area contributed by atoms with Crippen LogP contribution >= 0.6 is 0 Å². The summed E-state index contributed by atoms with van der Waals surface area (Å²) >= 11 is 0. The minimum atomic E-state index is -0.0547. The molecule has 1 aromatic heterocycles. The molecule has 1 aliphatic rings. The van der Waals surface area contributed by atoms with Gasteiger partial charge in [0.05, 0.1) is 17.8 Å². The number of epoxide rings is 1. The molecule has 0 saturated carbocycles. The zero-order valence-electron chi connectivity index (χ0n) is 22.2. The van der Waals surface area contributed by atoms with E-state index in [2.05, 4.69) is 32.8 Å². The highest BCUT2D eigenvalue weighted by molar-refractivity contribution is 5.93. The molecule has 0 amide bonds. The van der Waals surface area contributed by atoms with Crippen molar-refractivity contribution < 1.29 is 9.47 Å². The number of hydrogen-bond acceptors (Lipinski definition) is 9. The average Bonchev–Trinajstić information content (AvgIpc) is 3.65. The summed E-state index contributed by atoms with van der Waals surface area (Å²) in [5, 5.41) is 16.1. The first-order chi connectivity index (χ1) is 18.6. The van der Waals surface area contributed by atoms with Gasteiger partial charge in [-0.05, 0) is 62.0 Å². The third kappa shape index (κ3) is 5.96. The molecule has 0 bridgehead atoms. The summed E-state index contributed by atoms with van der Waals surface area (Å²) in [5.74, 6) is 1.38. The number of hydrogen-bond donors (Lipinski definition) is 2. The molecule has 1 saturated heterocycles. The van der Waals surface area contributed by atoms with Gasteiger partial charge in [-0.15, -0.1) is 0 Å². The lowest BCUT2D eigenvalue weighted by molar-refractivity contribution is 0.156. The van der Waals surface area contributed by atoms with Gasteiger partial charge < -0.3 is 25.0 Å². The number of para-hydroxylation sites is 2. The lowest BCUT2D eigenvalue weighted by Gasteiger charge is -2.15. The second-order valence-electron chi connectivity index (χ2n) is 9.38. The minimum absolute atomic E-state index is 0.0547. The van der Waals surface area contributed by atoms with E-state index >= 15 is 0 Å². The summed E-state index contributed by atoms with van der Waals surface area (Å²) < 4.78 is 11.1. The van der Waals surface area contributed by atoms with E-state index < -0.39 is 0 Å². The molecular formula is C29H33N7O2. The Morgan fingerprint density at radius 1 is 1.05 bits per heavy atom. The van der Waals surface area contributed by atoms with E-state index in [1.807, 2.05) is 73.7 Å². The number of aromatic nitrogens is 2. The molecular weight excluding hydrogens is 478 g/mol. The molecule has 5 rings (SSSR count). The number of anilines is 3. The highest BCUT2D eigenvalue weighted by atomic mass is 16.6. The van der Waals surface area contributed by atoms with Gasteiger partial charge in [-0.2, -0.15) is 10.2 Å². The largest absolute Gasteiger partial charge is 0.383 e. The number of benzene rings is 3. The van der Waals surface area contributed by atoms with Crippen molar-refractivity contribution in [3.63, 3.8) is 0 Å². The summed E-state index contributed by atoms with van der Waals surface area (Å²) in [6, 6.07) is 22.1. The van der Waals surface area contributed by atoms with Crippen LogP contribution in [0.3, 0.4) is 0 Å². The molecule has 0 radical (unpaired) electrons.